The van der Waals surface area contributed by atoms with Gasteiger partial charge < -0.3 is 20.7 Å². The summed E-state index contributed by atoms with van der Waals surface area (Å²) in [5, 5.41) is 2.61. The molecule has 118 valence electrons. The van der Waals surface area contributed by atoms with Crippen LogP contribution in [0.4, 0.5) is 0 Å². The molecule has 1 fully saturated rings. The third kappa shape index (κ3) is 4.92. The van der Waals surface area contributed by atoms with Gasteiger partial charge in [-0.05, 0) is 19.8 Å². The van der Waals surface area contributed by atoms with E-state index in [0.29, 0.717) is 13.2 Å². The minimum absolute atomic E-state index is 0. The largest absolute Gasteiger partial charge is 0.377 e. The first-order valence-corrected chi connectivity index (χ1v) is 6.76. The Labute approximate surface area is 126 Å². The van der Waals surface area contributed by atoms with Crippen molar-refractivity contribution in [3.63, 3.8) is 0 Å². The standard InChI is InChI=1S/C13H25N3O3.ClH/c1-8(2)12(14)13(18)15-5-11(17)16-9(3)6-19-7-10(16)4;/h8-10,12H,5-7,14H2,1-4H3,(H,15,18);1H/t9?,10?,12-;/m0./s1. The lowest BCUT2D eigenvalue weighted by Crippen LogP contribution is -2.56. The van der Waals surface area contributed by atoms with Crippen LogP contribution in [0.1, 0.15) is 27.7 Å². The van der Waals surface area contributed by atoms with E-state index < -0.39 is 6.04 Å². The summed E-state index contributed by atoms with van der Waals surface area (Å²) in [4.78, 5) is 25.6. The Morgan fingerprint density at radius 1 is 1.30 bits per heavy atom. The zero-order valence-electron chi connectivity index (χ0n) is 12.6. The van der Waals surface area contributed by atoms with E-state index in [2.05, 4.69) is 5.32 Å². The Morgan fingerprint density at radius 2 is 1.80 bits per heavy atom. The molecule has 3 N–H and O–H groups in total. The highest BCUT2D eigenvalue weighted by atomic mass is 35.5. The second-order valence-corrected chi connectivity index (χ2v) is 5.52. The van der Waals surface area contributed by atoms with Crippen LogP contribution in [0.3, 0.4) is 0 Å². The smallest absolute Gasteiger partial charge is 0.242 e. The van der Waals surface area contributed by atoms with Gasteiger partial charge in [-0.2, -0.15) is 0 Å². The number of nitrogens with zero attached hydrogens (tertiary/aromatic N) is 1. The summed E-state index contributed by atoms with van der Waals surface area (Å²) < 4.78 is 5.37. The molecule has 0 radical (unpaired) electrons. The second-order valence-electron chi connectivity index (χ2n) is 5.52. The molecule has 1 aliphatic heterocycles. The molecule has 0 aliphatic carbocycles. The van der Waals surface area contributed by atoms with Gasteiger partial charge in [0.2, 0.25) is 11.8 Å². The molecule has 7 heteroatoms. The number of rotatable bonds is 4. The molecule has 20 heavy (non-hydrogen) atoms. The molecule has 0 bridgehead atoms. The zero-order valence-corrected chi connectivity index (χ0v) is 13.4. The summed E-state index contributed by atoms with van der Waals surface area (Å²) in [6, 6.07) is -0.508. The molecule has 1 heterocycles. The lowest BCUT2D eigenvalue weighted by atomic mass is 10.1. The van der Waals surface area contributed by atoms with Crippen molar-refractivity contribution >= 4 is 24.2 Å². The van der Waals surface area contributed by atoms with Crippen LogP contribution >= 0.6 is 12.4 Å². The van der Waals surface area contributed by atoms with Crippen molar-refractivity contribution in [3.8, 4) is 0 Å². The van der Waals surface area contributed by atoms with Gasteiger partial charge in [0.25, 0.3) is 0 Å². The predicted octanol–water partition coefficient (Wildman–Crippen LogP) is 0.144. The molecule has 2 amide bonds. The maximum absolute atomic E-state index is 12.1. The lowest BCUT2D eigenvalue weighted by Gasteiger charge is -2.38. The van der Waals surface area contributed by atoms with E-state index in [-0.39, 0.29) is 48.8 Å². The van der Waals surface area contributed by atoms with Crippen LogP contribution in [0.5, 0.6) is 0 Å². The van der Waals surface area contributed by atoms with E-state index in [4.69, 9.17) is 10.5 Å². The van der Waals surface area contributed by atoms with Crippen molar-refractivity contribution in [2.45, 2.75) is 45.8 Å². The summed E-state index contributed by atoms with van der Waals surface area (Å²) in [5.41, 5.74) is 5.72. The fraction of sp³-hybridized carbons (Fsp3) is 0.846. The fourth-order valence-corrected chi connectivity index (χ4v) is 2.17. The normalized spacial score (nSPS) is 24.0. The van der Waals surface area contributed by atoms with Crippen LogP contribution in [-0.4, -0.2) is 54.6 Å². The molecule has 0 aromatic heterocycles. The molecule has 6 nitrogen and oxygen atoms in total. The number of nitrogens with one attached hydrogen (secondary N) is 1. The molecule has 3 atom stereocenters. The number of carbonyl (C=O) groups is 2. The third-order valence-electron chi connectivity index (χ3n) is 3.39. The number of ether oxygens (including phenoxy) is 1. The topological polar surface area (TPSA) is 84.7 Å². The van der Waals surface area contributed by atoms with Gasteiger partial charge in [-0.3, -0.25) is 9.59 Å². The van der Waals surface area contributed by atoms with Crippen molar-refractivity contribution < 1.29 is 14.3 Å². The predicted molar refractivity (Wildman–Crippen MR) is 79.7 cm³/mol. The van der Waals surface area contributed by atoms with Crippen molar-refractivity contribution in [2.24, 2.45) is 11.7 Å². The van der Waals surface area contributed by atoms with Gasteiger partial charge in [0.05, 0.1) is 37.9 Å². The highest BCUT2D eigenvalue weighted by Crippen LogP contribution is 2.12. The van der Waals surface area contributed by atoms with Gasteiger partial charge in [-0.1, -0.05) is 13.8 Å². The van der Waals surface area contributed by atoms with Gasteiger partial charge >= 0.3 is 0 Å². The van der Waals surface area contributed by atoms with Gasteiger partial charge in [-0.15, -0.1) is 12.4 Å². The van der Waals surface area contributed by atoms with Gasteiger partial charge in [-0.25, -0.2) is 0 Å². The maximum atomic E-state index is 12.1. The quantitative estimate of drug-likeness (QED) is 0.774. The van der Waals surface area contributed by atoms with E-state index in [0.717, 1.165) is 0 Å². The summed E-state index contributed by atoms with van der Waals surface area (Å²) in [7, 11) is 0. The average molecular weight is 308 g/mol. The molecular formula is C13H26ClN3O3. The Balaban J connectivity index is 0.00000361. The van der Waals surface area contributed by atoms with Crippen molar-refractivity contribution in [1.29, 1.82) is 0 Å². The van der Waals surface area contributed by atoms with Crippen LogP contribution in [0.2, 0.25) is 0 Å². The number of amides is 2. The van der Waals surface area contributed by atoms with Crippen molar-refractivity contribution in [2.75, 3.05) is 19.8 Å². The molecule has 1 saturated heterocycles. The SMILES string of the molecule is CC(C)[C@H](N)C(=O)NCC(=O)N1C(C)COCC1C.Cl. The molecule has 0 aromatic carbocycles. The number of hydrogen-bond acceptors (Lipinski definition) is 4. The van der Waals surface area contributed by atoms with Crippen LogP contribution in [0.25, 0.3) is 0 Å². The van der Waals surface area contributed by atoms with Gasteiger partial charge in [0.1, 0.15) is 0 Å². The van der Waals surface area contributed by atoms with E-state index >= 15 is 0 Å². The summed E-state index contributed by atoms with van der Waals surface area (Å²) >= 11 is 0. The molecule has 0 aromatic rings. The Morgan fingerprint density at radius 3 is 2.25 bits per heavy atom. The van der Waals surface area contributed by atoms with Gasteiger partial charge in [0, 0.05) is 0 Å². The maximum Gasteiger partial charge on any atom is 0.242 e. The molecule has 0 spiro atoms. The Bertz CT molecular complexity index is 329. The first kappa shape index (κ1) is 19.1. The average Bonchev–Trinajstić information content (AvgIpc) is 2.34. The number of morpholine rings is 1. The summed E-state index contributed by atoms with van der Waals surface area (Å²) in [5.74, 6) is -0.319. The molecule has 0 saturated carbocycles. The number of halogens is 1. The Kier molecular flexibility index (Phi) is 8.08. The monoisotopic (exact) mass is 307 g/mol. The van der Waals surface area contributed by atoms with Crippen LogP contribution < -0.4 is 11.1 Å². The summed E-state index contributed by atoms with van der Waals surface area (Å²) in [6.45, 7) is 8.69. The van der Waals surface area contributed by atoms with E-state index in [1.807, 2.05) is 27.7 Å². The first-order valence-electron chi connectivity index (χ1n) is 6.76. The van der Waals surface area contributed by atoms with Crippen molar-refractivity contribution in [1.82, 2.24) is 10.2 Å². The second kappa shape index (κ2) is 8.44. The highest BCUT2D eigenvalue weighted by Gasteiger charge is 2.29. The van der Waals surface area contributed by atoms with Crippen LogP contribution in [-0.2, 0) is 14.3 Å². The molecular weight excluding hydrogens is 282 g/mol. The molecule has 1 aliphatic rings. The van der Waals surface area contributed by atoms with Crippen LogP contribution in [0.15, 0.2) is 0 Å². The number of carbonyl (C=O) groups excluding carboxylic acids is 2. The third-order valence-corrected chi connectivity index (χ3v) is 3.39. The van der Waals surface area contributed by atoms with Crippen molar-refractivity contribution in [3.05, 3.63) is 0 Å². The number of nitrogens with two attached hydrogens (primary N) is 1. The lowest BCUT2D eigenvalue weighted by molar-refractivity contribution is -0.144. The van der Waals surface area contributed by atoms with Gasteiger partial charge in [0.15, 0.2) is 0 Å². The minimum Gasteiger partial charge on any atom is -0.377 e. The van der Waals surface area contributed by atoms with E-state index in [1.54, 1.807) is 4.90 Å². The number of hydrogen-bond donors (Lipinski definition) is 2. The molecule has 2 unspecified atom stereocenters. The Hall–Kier alpha value is -0.850. The molecule has 1 rings (SSSR count). The minimum atomic E-state index is -0.577. The summed E-state index contributed by atoms with van der Waals surface area (Å²) in [6.07, 6.45) is 0. The van der Waals surface area contributed by atoms with Crippen LogP contribution in [0, 0.1) is 5.92 Å². The van der Waals surface area contributed by atoms with E-state index in [1.165, 1.54) is 0 Å². The highest BCUT2D eigenvalue weighted by molar-refractivity contribution is 5.87. The fourth-order valence-electron chi connectivity index (χ4n) is 2.17. The van der Waals surface area contributed by atoms with E-state index in [9.17, 15) is 9.59 Å². The first-order chi connectivity index (χ1) is 8.84. The zero-order chi connectivity index (χ0) is 14.6.